The number of carboxylic acids is 1. The number of alkyl halides is 3. The summed E-state index contributed by atoms with van der Waals surface area (Å²) >= 11 is 0. The number of likely N-dealkylation sites (tertiary alicyclic amines) is 2. The molecule has 0 atom stereocenters. The molecule has 0 bridgehead atoms. The van der Waals surface area contributed by atoms with Crippen LogP contribution in [0.3, 0.4) is 0 Å². The Balaban J connectivity index is 0.000000318. The zero-order valence-electron chi connectivity index (χ0n) is 17.1. The zero-order valence-corrected chi connectivity index (χ0v) is 17.1. The van der Waals surface area contributed by atoms with Crippen molar-refractivity contribution in [3.05, 3.63) is 29.6 Å². The normalized spacial score (nSPS) is 21.3. The van der Waals surface area contributed by atoms with Crippen molar-refractivity contribution in [1.29, 1.82) is 0 Å². The molecule has 1 spiro atoms. The van der Waals surface area contributed by atoms with Crippen LogP contribution in [-0.2, 0) is 4.79 Å². The SMILES string of the molecule is Cc1cccc(C(=O)N2CCC3(CCCN3CC3CC3)CC2)n1.O=C(O)C(F)(F)F. The van der Waals surface area contributed by atoms with Gasteiger partial charge in [-0.2, -0.15) is 13.2 Å². The van der Waals surface area contributed by atoms with Crippen LogP contribution in [0, 0.1) is 12.8 Å². The van der Waals surface area contributed by atoms with Crippen LogP contribution in [0.2, 0.25) is 0 Å². The molecule has 1 aromatic heterocycles. The third-order valence-corrected chi connectivity index (χ3v) is 6.25. The molecule has 166 valence electrons. The first-order chi connectivity index (χ1) is 14.1. The minimum Gasteiger partial charge on any atom is -0.475 e. The van der Waals surface area contributed by atoms with E-state index < -0.39 is 12.1 Å². The van der Waals surface area contributed by atoms with E-state index in [0.29, 0.717) is 11.2 Å². The summed E-state index contributed by atoms with van der Waals surface area (Å²) in [6.45, 7) is 6.28. The van der Waals surface area contributed by atoms with E-state index in [1.807, 2.05) is 30.0 Å². The van der Waals surface area contributed by atoms with Gasteiger partial charge in [0, 0.05) is 30.9 Å². The third kappa shape index (κ3) is 5.50. The Morgan fingerprint density at radius 3 is 2.33 bits per heavy atom. The van der Waals surface area contributed by atoms with Crippen molar-refractivity contribution in [3.63, 3.8) is 0 Å². The number of aryl methyl sites for hydroxylation is 1. The Morgan fingerprint density at radius 2 is 1.80 bits per heavy atom. The Morgan fingerprint density at radius 1 is 1.17 bits per heavy atom. The number of pyridine rings is 1. The van der Waals surface area contributed by atoms with Crippen LogP contribution in [0.15, 0.2) is 18.2 Å². The number of nitrogens with zero attached hydrogens (tertiary/aromatic N) is 3. The van der Waals surface area contributed by atoms with Gasteiger partial charge in [-0.1, -0.05) is 6.07 Å². The summed E-state index contributed by atoms with van der Waals surface area (Å²) in [5.74, 6) is -1.69. The maximum Gasteiger partial charge on any atom is 0.490 e. The smallest absolute Gasteiger partial charge is 0.475 e. The molecule has 2 aliphatic heterocycles. The first-order valence-electron chi connectivity index (χ1n) is 10.4. The van der Waals surface area contributed by atoms with Crippen LogP contribution in [0.1, 0.15) is 54.7 Å². The van der Waals surface area contributed by atoms with Gasteiger partial charge in [0.05, 0.1) is 0 Å². The Labute approximate surface area is 174 Å². The van der Waals surface area contributed by atoms with Gasteiger partial charge >= 0.3 is 12.1 Å². The number of hydrogen-bond acceptors (Lipinski definition) is 4. The summed E-state index contributed by atoms with van der Waals surface area (Å²) in [4.78, 5) is 30.7. The van der Waals surface area contributed by atoms with E-state index in [0.717, 1.165) is 37.5 Å². The minimum atomic E-state index is -5.08. The van der Waals surface area contributed by atoms with Gasteiger partial charge in [-0.05, 0) is 70.0 Å². The monoisotopic (exact) mass is 427 g/mol. The van der Waals surface area contributed by atoms with Crippen LogP contribution < -0.4 is 0 Å². The van der Waals surface area contributed by atoms with Gasteiger partial charge in [0.15, 0.2) is 0 Å². The molecular formula is C21H28F3N3O3. The van der Waals surface area contributed by atoms with Gasteiger partial charge < -0.3 is 10.0 Å². The average Bonchev–Trinajstić information content (AvgIpc) is 3.43. The molecule has 0 radical (unpaired) electrons. The van der Waals surface area contributed by atoms with E-state index in [1.54, 1.807) is 0 Å². The molecule has 1 saturated carbocycles. The topological polar surface area (TPSA) is 73.7 Å². The van der Waals surface area contributed by atoms with E-state index in [-0.39, 0.29) is 5.91 Å². The van der Waals surface area contributed by atoms with Gasteiger partial charge in [0.2, 0.25) is 0 Å². The van der Waals surface area contributed by atoms with Crippen molar-refractivity contribution >= 4 is 11.9 Å². The molecule has 0 aromatic carbocycles. The molecule has 9 heteroatoms. The highest BCUT2D eigenvalue weighted by Gasteiger charge is 2.45. The average molecular weight is 427 g/mol. The molecule has 1 aromatic rings. The highest BCUT2D eigenvalue weighted by atomic mass is 19.4. The zero-order chi connectivity index (χ0) is 21.9. The summed E-state index contributed by atoms with van der Waals surface area (Å²) in [5.41, 5.74) is 1.90. The molecule has 30 heavy (non-hydrogen) atoms. The van der Waals surface area contributed by atoms with Gasteiger partial charge in [0.1, 0.15) is 5.69 Å². The molecule has 3 heterocycles. The first-order valence-corrected chi connectivity index (χ1v) is 10.4. The fourth-order valence-electron chi connectivity index (χ4n) is 4.41. The Kier molecular flexibility index (Phi) is 6.69. The van der Waals surface area contributed by atoms with Crippen LogP contribution in [0.25, 0.3) is 0 Å². The molecule has 3 fully saturated rings. The van der Waals surface area contributed by atoms with Gasteiger partial charge in [-0.25, -0.2) is 9.78 Å². The van der Waals surface area contributed by atoms with Crippen LogP contribution in [-0.4, -0.2) is 69.7 Å². The van der Waals surface area contributed by atoms with E-state index in [2.05, 4.69) is 9.88 Å². The number of piperidine rings is 1. The summed E-state index contributed by atoms with van der Waals surface area (Å²) in [5, 5.41) is 7.12. The van der Waals surface area contributed by atoms with Crippen molar-refractivity contribution in [2.45, 2.75) is 57.2 Å². The fourth-order valence-corrected chi connectivity index (χ4v) is 4.41. The predicted molar refractivity (Wildman–Crippen MR) is 104 cm³/mol. The van der Waals surface area contributed by atoms with Crippen LogP contribution in [0.5, 0.6) is 0 Å². The fraction of sp³-hybridized carbons (Fsp3) is 0.667. The summed E-state index contributed by atoms with van der Waals surface area (Å²) in [6, 6.07) is 5.71. The molecule has 4 rings (SSSR count). The molecule has 0 unspecified atom stereocenters. The van der Waals surface area contributed by atoms with Gasteiger partial charge in [-0.15, -0.1) is 0 Å². The summed E-state index contributed by atoms with van der Waals surface area (Å²) < 4.78 is 31.7. The van der Waals surface area contributed by atoms with Crippen molar-refractivity contribution < 1.29 is 27.9 Å². The molecule has 1 amide bonds. The predicted octanol–water partition coefficient (Wildman–Crippen LogP) is 3.50. The largest absolute Gasteiger partial charge is 0.490 e. The number of carboxylic acid groups (broad SMARTS) is 1. The first kappa shape index (κ1) is 22.5. The quantitative estimate of drug-likeness (QED) is 0.799. The van der Waals surface area contributed by atoms with Crippen LogP contribution >= 0.6 is 0 Å². The number of halogens is 3. The molecular weight excluding hydrogens is 399 g/mol. The molecule has 6 nitrogen and oxygen atoms in total. The van der Waals surface area contributed by atoms with Gasteiger partial charge in [0.25, 0.3) is 5.91 Å². The summed E-state index contributed by atoms with van der Waals surface area (Å²) in [6.07, 6.45) is 2.70. The molecule has 1 aliphatic carbocycles. The number of amides is 1. The number of hydrogen-bond donors (Lipinski definition) is 1. The second-order valence-electron chi connectivity index (χ2n) is 8.48. The second-order valence-corrected chi connectivity index (χ2v) is 8.48. The molecule has 2 saturated heterocycles. The van der Waals surface area contributed by atoms with E-state index in [9.17, 15) is 18.0 Å². The lowest BCUT2D eigenvalue weighted by Gasteiger charge is -2.45. The van der Waals surface area contributed by atoms with Crippen molar-refractivity contribution in [1.82, 2.24) is 14.8 Å². The van der Waals surface area contributed by atoms with Crippen molar-refractivity contribution in [3.8, 4) is 0 Å². The van der Waals surface area contributed by atoms with E-state index in [4.69, 9.17) is 9.90 Å². The van der Waals surface area contributed by atoms with Crippen molar-refractivity contribution in [2.75, 3.05) is 26.2 Å². The lowest BCUT2D eigenvalue weighted by Crippen LogP contribution is -2.53. The summed E-state index contributed by atoms with van der Waals surface area (Å²) in [7, 11) is 0. The lowest BCUT2D eigenvalue weighted by atomic mass is 9.84. The number of aliphatic carboxylic acids is 1. The highest BCUT2D eigenvalue weighted by Crippen LogP contribution is 2.41. The van der Waals surface area contributed by atoms with Crippen molar-refractivity contribution in [2.24, 2.45) is 5.92 Å². The van der Waals surface area contributed by atoms with E-state index >= 15 is 0 Å². The third-order valence-electron chi connectivity index (χ3n) is 6.25. The minimum absolute atomic E-state index is 0.107. The maximum absolute atomic E-state index is 12.7. The second kappa shape index (κ2) is 8.91. The number of carbonyl (C=O) groups is 2. The van der Waals surface area contributed by atoms with Crippen LogP contribution in [0.4, 0.5) is 13.2 Å². The van der Waals surface area contributed by atoms with Gasteiger partial charge in [-0.3, -0.25) is 9.69 Å². The Hall–Kier alpha value is -2.16. The lowest BCUT2D eigenvalue weighted by molar-refractivity contribution is -0.192. The molecule has 3 aliphatic rings. The maximum atomic E-state index is 12.7. The standard InChI is InChI=1S/C19H27N3O.C2HF3O2/c1-15-4-2-5-17(20-15)18(23)21-12-9-19(10-13-21)8-3-11-22(19)14-16-6-7-16;3-2(4,5)1(6)7/h2,4-5,16H,3,6-14H2,1H3;(H,6,7). The number of rotatable bonds is 3. The number of aromatic nitrogens is 1. The highest BCUT2D eigenvalue weighted by molar-refractivity contribution is 5.92. The van der Waals surface area contributed by atoms with E-state index in [1.165, 1.54) is 38.8 Å². The number of carbonyl (C=O) groups excluding carboxylic acids is 1. The Bertz CT molecular complexity index is 772. The molecule has 1 N–H and O–H groups in total.